The first-order valence-electron chi connectivity index (χ1n) is 4.63. The summed E-state index contributed by atoms with van der Waals surface area (Å²) < 4.78 is 1.16. The maximum absolute atomic E-state index is 3.58. The van der Waals surface area contributed by atoms with Gasteiger partial charge >= 0.3 is 0 Å². The molecule has 0 amide bonds. The zero-order valence-corrected chi connectivity index (χ0v) is 9.58. The van der Waals surface area contributed by atoms with Gasteiger partial charge in [-0.15, -0.1) is 0 Å². The van der Waals surface area contributed by atoms with Gasteiger partial charge in [0.25, 0.3) is 0 Å². The van der Waals surface area contributed by atoms with E-state index in [9.17, 15) is 0 Å². The van der Waals surface area contributed by atoms with Crippen molar-refractivity contribution in [1.29, 1.82) is 0 Å². The molecule has 0 aliphatic heterocycles. The highest BCUT2D eigenvalue weighted by molar-refractivity contribution is 9.10. The average molecular weight is 247 g/mol. The Morgan fingerprint density at radius 2 is 1.79 bits per heavy atom. The number of fused-ring (bicyclic) bond motifs is 1. The van der Waals surface area contributed by atoms with E-state index in [1.54, 1.807) is 0 Å². The predicted octanol–water partition coefficient (Wildman–Crippen LogP) is 4.64. The van der Waals surface area contributed by atoms with Crippen molar-refractivity contribution >= 4 is 32.8 Å². The molecule has 0 aliphatic carbocycles. The molecule has 0 N–H and O–H groups in total. The molecule has 2 rings (SSSR count). The van der Waals surface area contributed by atoms with Crippen LogP contribution in [0.25, 0.3) is 16.8 Å². The van der Waals surface area contributed by atoms with E-state index in [0.29, 0.717) is 0 Å². The standard InChI is InChI=1S/C13H11Br/c1-2-5-10-6-3-7-11-8-4-9-12(14)13(10)11/h2-9H,1H3/b5-2+. The van der Waals surface area contributed by atoms with E-state index in [0.717, 1.165) is 4.47 Å². The molecular weight excluding hydrogens is 236 g/mol. The monoisotopic (exact) mass is 246 g/mol. The van der Waals surface area contributed by atoms with Crippen LogP contribution in [0, 0.1) is 0 Å². The van der Waals surface area contributed by atoms with E-state index < -0.39 is 0 Å². The summed E-state index contributed by atoms with van der Waals surface area (Å²) in [6.45, 7) is 2.04. The van der Waals surface area contributed by atoms with Gasteiger partial charge in [-0.25, -0.2) is 0 Å². The Labute approximate surface area is 92.4 Å². The van der Waals surface area contributed by atoms with Gasteiger partial charge in [0.05, 0.1) is 0 Å². The van der Waals surface area contributed by atoms with E-state index in [4.69, 9.17) is 0 Å². The molecule has 0 aromatic heterocycles. The molecule has 70 valence electrons. The number of halogens is 1. The van der Waals surface area contributed by atoms with Gasteiger partial charge in [-0.2, -0.15) is 0 Å². The SMILES string of the molecule is C/C=C/c1cccc2cccc(Br)c12. The van der Waals surface area contributed by atoms with E-state index in [2.05, 4.69) is 64.5 Å². The second-order valence-corrected chi connectivity index (χ2v) is 4.04. The fraction of sp³-hybridized carbons (Fsp3) is 0.0769. The Morgan fingerprint density at radius 1 is 1.07 bits per heavy atom. The van der Waals surface area contributed by atoms with Gasteiger partial charge in [-0.05, 0) is 23.9 Å². The fourth-order valence-corrected chi connectivity index (χ4v) is 2.25. The molecule has 14 heavy (non-hydrogen) atoms. The summed E-state index contributed by atoms with van der Waals surface area (Å²) in [5.74, 6) is 0. The molecular formula is C13H11Br. The van der Waals surface area contributed by atoms with Crippen molar-refractivity contribution in [3.8, 4) is 0 Å². The number of allylic oxidation sites excluding steroid dienone is 1. The zero-order chi connectivity index (χ0) is 9.97. The molecule has 0 bridgehead atoms. The molecule has 0 saturated carbocycles. The molecule has 0 nitrogen and oxygen atoms in total. The van der Waals surface area contributed by atoms with Crippen molar-refractivity contribution < 1.29 is 0 Å². The second kappa shape index (κ2) is 3.97. The minimum absolute atomic E-state index is 1.16. The van der Waals surface area contributed by atoms with E-state index in [-0.39, 0.29) is 0 Å². The molecule has 0 heterocycles. The summed E-state index contributed by atoms with van der Waals surface area (Å²) in [6, 6.07) is 12.6. The Balaban J connectivity index is 2.84. The van der Waals surface area contributed by atoms with Crippen molar-refractivity contribution in [3.63, 3.8) is 0 Å². The van der Waals surface area contributed by atoms with Gasteiger partial charge in [0, 0.05) is 9.86 Å². The Morgan fingerprint density at radius 3 is 2.50 bits per heavy atom. The van der Waals surface area contributed by atoms with Gasteiger partial charge in [0.15, 0.2) is 0 Å². The summed E-state index contributed by atoms with van der Waals surface area (Å²) in [7, 11) is 0. The molecule has 1 heteroatoms. The molecule has 0 unspecified atom stereocenters. The van der Waals surface area contributed by atoms with Crippen LogP contribution in [0.3, 0.4) is 0 Å². The fourth-order valence-electron chi connectivity index (χ4n) is 1.64. The number of hydrogen-bond acceptors (Lipinski definition) is 0. The lowest BCUT2D eigenvalue weighted by molar-refractivity contribution is 1.67. The highest BCUT2D eigenvalue weighted by Gasteiger charge is 2.00. The third-order valence-electron chi connectivity index (χ3n) is 2.23. The van der Waals surface area contributed by atoms with Gasteiger partial charge in [-0.1, -0.05) is 58.4 Å². The first-order valence-corrected chi connectivity index (χ1v) is 5.42. The molecule has 0 saturated heterocycles. The van der Waals surface area contributed by atoms with Crippen LogP contribution in [0.4, 0.5) is 0 Å². The number of benzene rings is 2. The van der Waals surface area contributed by atoms with E-state index in [1.165, 1.54) is 16.3 Å². The Hall–Kier alpha value is -1.08. The van der Waals surface area contributed by atoms with Crippen molar-refractivity contribution in [1.82, 2.24) is 0 Å². The second-order valence-electron chi connectivity index (χ2n) is 3.19. The van der Waals surface area contributed by atoms with Crippen LogP contribution in [0.15, 0.2) is 46.9 Å². The average Bonchev–Trinajstić information content (AvgIpc) is 2.19. The summed E-state index contributed by atoms with van der Waals surface area (Å²) in [6.07, 6.45) is 4.20. The van der Waals surface area contributed by atoms with Crippen LogP contribution >= 0.6 is 15.9 Å². The molecule has 2 aromatic carbocycles. The Kier molecular flexibility index (Phi) is 2.69. The highest BCUT2D eigenvalue weighted by atomic mass is 79.9. The zero-order valence-electron chi connectivity index (χ0n) is 8.00. The quantitative estimate of drug-likeness (QED) is 0.688. The summed E-state index contributed by atoms with van der Waals surface area (Å²) in [4.78, 5) is 0. The largest absolute Gasteiger partial charge is 0.0870 e. The van der Waals surface area contributed by atoms with Crippen LogP contribution in [-0.2, 0) is 0 Å². The van der Waals surface area contributed by atoms with Crippen LogP contribution < -0.4 is 0 Å². The predicted molar refractivity (Wildman–Crippen MR) is 66.4 cm³/mol. The third-order valence-corrected chi connectivity index (χ3v) is 2.89. The van der Waals surface area contributed by atoms with Crippen molar-refractivity contribution in [2.75, 3.05) is 0 Å². The molecule has 0 atom stereocenters. The van der Waals surface area contributed by atoms with Gasteiger partial charge < -0.3 is 0 Å². The third kappa shape index (κ3) is 1.60. The Bertz CT molecular complexity index is 478. The minimum Gasteiger partial charge on any atom is -0.0870 e. The summed E-state index contributed by atoms with van der Waals surface area (Å²) >= 11 is 3.58. The van der Waals surface area contributed by atoms with Crippen molar-refractivity contribution in [2.24, 2.45) is 0 Å². The first-order chi connectivity index (χ1) is 6.83. The lowest BCUT2D eigenvalue weighted by Crippen LogP contribution is -1.79. The molecule has 2 aromatic rings. The summed E-state index contributed by atoms with van der Waals surface area (Å²) in [5, 5.41) is 2.56. The van der Waals surface area contributed by atoms with Crippen LogP contribution in [0.5, 0.6) is 0 Å². The molecule has 0 radical (unpaired) electrons. The maximum Gasteiger partial charge on any atom is 0.0259 e. The number of hydrogen-bond donors (Lipinski definition) is 0. The van der Waals surface area contributed by atoms with Gasteiger partial charge in [0.2, 0.25) is 0 Å². The van der Waals surface area contributed by atoms with E-state index >= 15 is 0 Å². The summed E-state index contributed by atoms with van der Waals surface area (Å²) in [5.41, 5.74) is 1.26. The normalized spacial score (nSPS) is 11.3. The maximum atomic E-state index is 3.58. The van der Waals surface area contributed by atoms with Gasteiger partial charge in [0.1, 0.15) is 0 Å². The number of rotatable bonds is 1. The minimum atomic E-state index is 1.16. The van der Waals surface area contributed by atoms with Crippen LogP contribution in [-0.4, -0.2) is 0 Å². The molecule has 0 fully saturated rings. The van der Waals surface area contributed by atoms with E-state index in [1.807, 2.05) is 6.92 Å². The topological polar surface area (TPSA) is 0 Å². The van der Waals surface area contributed by atoms with Crippen LogP contribution in [0.2, 0.25) is 0 Å². The molecule has 0 aliphatic rings. The lowest BCUT2D eigenvalue weighted by Gasteiger charge is -2.04. The smallest absolute Gasteiger partial charge is 0.0259 e. The van der Waals surface area contributed by atoms with Crippen molar-refractivity contribution in [3.05, 3.63) is 52.5 Å². The van der Waals surface area contributed by atoms with Crippen molar-refractivity contribution in [2.45, 2.75) is 6.92 Å². The molecule has 0 spiro atoms. The highest BCUT2D eigenvalue weighted by Crippen LogP contribution is 2.27. The van der Waals surface area contributed by atoms with Gasteiger partial charge in [-0.3, -0.25) is 0 Å². The van der Waals surface area contributed by atoms with Crippen LogP contribution in [0.1, 0.15) is 12.5 Å². The lowest BCUT2D eigenvalue weighted by atomic mass is 10.0. The first kappa shape index (κ1) is 9.47.